The molecule has 0 radical (unpaired) electrons. The molecule has 0 atom stereocenters. The van der Waals surface area contributed by atoms with E-state index in [4.69, 9.17) is 4.74 Å². The topological polar surface area (TPSA) is 51.2 Å². The number of carbonyl (C=O) groups excluding carboxylic acids is 1. The Hall–Kier alpha value is -1.88. The second-order valence-corrected chi connectivity index (χ2v) is 5.47. The zero-order valence-electron chi connectivity index (χ0n) is 10.9. The first kappa shape index (κ1) is 13.5. The average molecular weight is 276 g/mol. The maximum absolute atomic E-state index is 11.6. The molecule has 0 fully saturated rings. The molecule has 0 aliphatic rings. The standard InChI is InChI=1S/C14H16N2O2S/c1-10(2)12-8-15-13(19-12)16-14(17)18-9-11-6-4-3-5-7-11/h3-8,10H,9H2,1-2H3,(H,15,16,17). The summed E-state index contributed by atoms with van der Waals surface area (Å²) < 4.78 is 5.12. The van der Waals surface area contributed by atoms with E-state index >= 15 is 0 Å². The smallest absolute Gasteiger partial charge is 0.413 e. The van der Waals surface area contributed by atoms with Crippen LogP contribution in [0.5, 0.6) is 0 Å². The second kappa shape index (κ2) is 6.33. The summed E-state index contributed by atoms with van der Waals surface area (Å²) in [6.45, 7) is 4.44. The number of benzene rings is 1. The zero-order chi connectivity index (χ0) is 13.7. The lowest BCUT2D eigenvalue weighted by molar-refractivity contribution is 0.155. The van der Waals surface area contributed by atoms with Gasteiger partial charge in [-0.2, -0.15) is 0 Å². The van der Waals surface area contributed by atoms with Crippen LogP contribution in [0.25, 0.3) is 0 Å². The first-order chi connectivity index (χ1) is 9.15. The number of carbonyl (C=O) groups is 1. The Labute approximate surface area is 116 Å². The fourth-order valence-electron chi connectivity index (χ4n) is 1.46. The minimum absolute atomic E-state index is 0.259. The van der Waals surface area contributed by atoms with Gasteiger partial charge < -0.3 is 4.74 Å². The summed E-state index contributed by atoms with van der Waals surface area (Å²) in [5, 5.41) is 3.20. The van der Waals surface area contributed by atoms with Crippen molar-refractivity contribution in [2.75, 3.05) is 5.32 Å². The lowest BCUT2D eigenvalue weighted by Crippen LogP contribution is -2.13. The number of aromatic nitrogens is 1. The Morgan fingerprint density at radius 3 is 2.74 bits per heavy atom. The second-order valence-electron chi connectivity index (χ2n) is 4.41. The highest BCUT2D eigenvalue weighted by atomic mass is 32.1. The van der Waals surface area contributed by atoms with Crippen molar-refractivity contribution in [2.24, 2.45) is 0 Å². The summed E-state index contributed by atoms with van der Waals surface area (Å²) >= 11 is 1.47. The number of nitrogens with zero attached hydrogens (tertiary/aromatic N) is 1. The summed E-state index contributed by atoms with van der Waals surface area (Å²) in [4.78, 5) is 16.9. The molecule has 2 aromatic rings. The number of anilines is 1. The molecule has 0 unspecified atom stereocenters. The van der Waals surface area contributed by atoms with E-state index in [-0.39, 0.29) is 6.61 Å². The fraction of sp³-hybridized carbons (Fsp3) is 0.286. The van der Waals surface area contributed by atoms with Gasteiger partial charge in [-0.25, -0.2) is 9.78 Å². The lowest BCUT2D eigenvalue weighted by atomic mass is 10.2. The van der Waals surface area contributed by atoms with Gasteiger partial charge in [-0.1, -0.05) is 44.2 Å². The molecular formula is C14H16N2O2S. The molecule has 0 aliphatic heterocycles. The molecule has 1 aromatic carbocycles. The van der Waals surface area contributed by atoms with Gasteiger partial charge in [-0.3, -0.25) is 5.32 Å². The quantitative estimate of drug-likeness (QED) is 0.917. The third-order valence-electron chi connectivity index (χ3n) is 2.51. The Kier molecular flexibility index (Phi) is 4.52. The Morgan fingerprint density at radius 1 is 1.37 bits per heavy atom. The number of ether oxygens (including phenoxy) is 1. The molecule has 19 heavy (non-hydrogen) atoms. The zero-order valence-corrected chi connectivity index (χ0v) is 11.7. The van der Waals surface area contributed by atoms with E-state index in [1.54, 1.807) is 6.20 Å². The van der Waals surface area contributed by atoms with Crippen molar-refractivity contribution in [1.29, 1.82) is 0 Å². The molecule has 5 heteroatoms. The molecule has 4 nitrogen and oxygen atoms in total. The number of hydrogen-bond donors (Lipinski definition) is 1. The Balaban J connectivity index is 1.84. The van der Waals surface area contributed by atoms with E-state index in [0.29, 0.717) is 11.0 Å². The van der Waals surface area contributed by atoms with Gasteiger partial charge in [-0.15, -0.1) is 11.3 Å². The van der Waals surface area contributed by atoms with Crippen molar-refractivity contribution in [1.82, 2.24) is 4.98 Å². The predicted molar refractivity (Wildman–Crippen MR) is 76.5 cm³/mol. The largest absolute Gasteiger partial charge is 0.444 e. The van der Waals surface area contributed by atoms with E-state index in [9.17, 15) is 4.79 Å². The van der Waals surface area contributed by atoms with Gasteiger partial charge >= 0.3 is 6.09 Å². The van der Waals surface area contributed by atoms with E-state index in [1.165, 1.54) is 11.3 Å². The van der Waals surface area contributed by atoms with Gasteiger partial charge in [0.1, 0.15) is 6.61 Å². The number of amides is 1. The summed E-state index contributed by atoms with van der Waals surface area (Å²) in [5.41, 5.74) is 0.958. The van der Waals surface area contributed by atoms with Crippen LogP contribution in [0, 0.1) is 0 Å². The van der Waals surface area contributed by atoms with Crippen molar-refractivity contribution in [2.45, 2.75) is 26.4 Å². The normalized spacial score (nSPS) is 10.5. The van der Waals surface area contributed by atoms with Gasteiger partial charge in [0, 0.05) is 11.1 Å². The predicted octanol–water partition coefficient (Wildman–Crippen LogP) is 4.02. The van der Waals surface area contributed by atoms with Crippen LogP contribution in [-0.2, 0) is 11.3 Å². The lowest BCUT2D eigenvalue weighted by Gasteiger charge is -2.04. The van der Waals surface area contributed by atoms with Crippen molar-refractivity contribution in [3.63, 3.8) is 0 Å². The van der Waals surface area contributed by atoms with Crippen LogP contribution >= 0.6 is 11.3 Å². The van der Waals surface area contributed by atoms with E-state index in [2.05, 4.69) is 24.1 Å². The van der Waals surface area contributed by atoms with Gasteiger partial charge in [0.15, 0.2) is 5.13 Å². The van der Waals surface area contributed by atoms with Crippen LogP contribution in [0.3, 0.4) is 0 Å². The number of nitrogens with one attached hydrogen (secondary N) is 1. The molecule has 0 aliphatic carbocycles. The molecule has 1 amide bonds. The minimum atomic E-state index is -0.478. The highest BCUT2D eigenvalue weighted by molar-refractivity contribution is 7.15. The maximum Gasteiger partial charge on any atom is 0.413 e. The van der Waals surface area contributed by atoms with Crippen molar-refractivity contribution in [3.05, 3.63) is 47.0 Å². The third-order valence-corrected chi connectivity index (χ3v) is 3.73. The van der Waals surface area contributed by atoms with Crippen LogP contribution in [0.15, 0.2) is 36.5 Å². The Bertz CT molecular complexity index is 537. The van der Waals surface area contributed by atoms with Crippen molar-refractivity contribution in [3.8, 4) is 0 Å². The van der Waals surface area contributed by atoms with Crippen LogP contribution in [0.2, 0.25) is 0 Å². The van der Waals surface area contributed by atoms with E-state index in [1.807, 2.05) is 30.3 Å². The number of hydrogen-bond acceptors (Lipinski definition) is 4. The van der Waals surface area contributed by atoms with Gasteiger partial charge in [-0.05, 0) is 11.5 Å². The summed E-state index contributed by atoms with van der Waals surface area (Å²) in [5.74, 6) is 0.411. The van der Waals surface area contributed by atoms with E-state index in [0.717, 1.165) is 10.4 Å². The highest BCUT2D eigenvalue weighted by Gasteiger charge is 2.09. The molecule has 0 spiro atoms. The van der Waals surface area contributed by atoms with E-state index < -0.39 is 6.09 Å². The summed E-state index contributed by atoms with van der Waals surface area (Å²) in [7, 11) is 0. The minimum Gasteiger partial charge on any atom is -0.444 e. The van der Waals surface area contributed by atoms with Crippen molar-refractivity contribution < 1.29 is 9.53 Å². The first-order valence-electron chi connectivity index (χ1n) is 6.08. The van der Waals surface area contributed by atoms with Gasteiger partial charge in [0.05, 0.1) is 0 Å². The number of thiazole rings is 1. The highest BCUT2D eigenvalue weighted by Crippen LogP contribution is 2.25. The third kappa shape index (κ3) is 4.06. The molecule has 0 bridgehead atoms. The molecule has 1 heterocycles. The van der Waals surface area contributed by atoms with Crippen LogP contribution in [0.1, 0.15) is 30.2 Å². The Morgan fingerprint density at radius 2 is 2.11 bits per heavy atom. The molecular weight excluding hydrogens is 260 g/mol. The molecule has 0 saturated carbocycles. The maximum atomic E-state index is 11.6. The van der Waals surface area contributed by atoms with Crippen LogP contribution in [-0.4, -0.2) is 11.1 Å². The SMILES string of the molecule is CC(C)c1cnc(NC(=O)OCc2ccccc2)s1. The summed E-state index contributed by atoms with van der Waals surface area (Å²) in [6.07, 6.45) is 1.30. The van der Waals surface area contributed by atoms with Crippen molar-refractivity contribution >= 4 is 22.6 Å². The molecule has 0 saturated heterocycles. The first-order valence-corrected chi connectivity index (χ1v) is 6.90. The van der Waals surface area contributed by atoms with Gasteiger partial charge in [0.25, 0.3) is 0 Å². The molecule has 1 aromatic heterocycles. The fourth-order valence-corrected chi connectivity index (χ4v) is 2.26. The molecule has 2 rings (SSSR count). The monoisotopic (exact) mass is 276 g/mol. The van der Waals surface area contributed by atoms with Gasteiger partial charge in [0.2, 0.25) is 0 Å². The van der Waals surface area contributed by atoms with Crippen LogP contribution in [0.4, 0.5) is 9.93 Å². The van der Waals surface area contributed by atoms with Crippen LogP contribution < -0.4 is 5.32 Å². The average Bonchev–Trinajstić information content (AvgIpc) is 2.86. The summed E-state index contributed by atoms with van der Waals surface area (Å²) in [6, 6.07) is 9.56. The number of rotatable bonds is 4. The molecule has 100 valence electrons. The molecule has 1 N–H and O–H groups in total.